The van der Waals surface area contributed by atoms with Crippen LogP contribution in [0.4, 0.5) is 0 Å². The van der Waals surface area contributed by atoms with Crippen LogP contribution in [0.2, 0.25) is 0 Å². The lowest BCUT2D eigenvalue weighted by atomic mass is 9.59. The maximum atomic E-state index is 5.34. The van der Waals surface area contributed by atoms with Crippen LogP contribution in [0.15, 0.2) is 115 Å². The molecule has 45 heavy (non-hydrogen) atoms. The van der Waals surface area contributed by atoms with E-state index < -0.39 is 0 Å². The molecule has 8 rings (SSSR count). The van der Waals surface area contributed by atoms with Gasteiger partial charge in [0.2, 0.25) is 0 Å². The van der Waals surface area contributed by atoms with E-state index in [1.54, 1.807) is 0 Å². The molecule has 1 heterocycles. The minimum atomic E-state index is -0.135. The number of rotatable bonds is 3. The van der Waals surface area contributed by atoms with Crippen molar-refractivity contribution in [2.45, 2.75) is 52.4 Å². The number of benzene rings is 6. The van der Waals surface area contributed by atoms with Gasteiger partial charge in [0.05, 0.1) is 0 Å². The molecule has 1 aliphatic carbocycles. The molecule has 3 heteroatoms. The molecular formula is C42H37N3. The van der Waals surface area contributed by atoms with Crippen molar-refractivity contribution in [3.8, 4) is 34.2 Å². The van der Waals surface area contributed by atoms with E-state index in [9.17, 15) is 0 Å². The third-order valence-electron chi connectivity index (χ3n) is 11.3. The number of aromatic nitrogens is 3. The molecule has 3 nitrogen and oxygen atoms in total. The van der Waals surface area contributed by atoms with Crippen molar-refractivity contribution in [2.24, 2.45) is 5.41 Å². The Balaban J connectivity index is 1.47. The summed E-state index contributed by atoms with van der Waals surface area (Å²) in [6.07, 6.45) is 0. The van der Waals surface area contributed by atoms with Crippen molar-refractivity contribution < 1.29 is 0 Å². The smallest absolute Gasteiger partial charge is 0.165 e. The van der Waals surface area contributed by atoms with Crippen LogP contribution in [0.1, 0.15) is 52.7 Å². The molecule has 0 N–H and O–H groups in total. The third-order valence-corrected chi connectivity index (χ3v) is 11.3. The Hall–Kier alpha value is -4.89. The Morgan fingerprint density at radius 2 is 0.889 bits per heavy atom. The fourth-order valence-corrected chi connectivity index (χ4v) is 7.56. The average Bonchev–Trinajstić information content (AvgIpc) is 3.16. The first-order valence-corrected chi connectivity index (χ1v) is 15.9. The van der Waals surface area contributed by atoms with E-state index in [0.717, 1.165) is 22.5 Å². The molecule has 0 fully saturated rings. The van der Waals surface area contributed by atoms with Gasteiger partial charge in [-0.05, 0) is 71.8 Å². The summed E-state index contributed by atoms with van der Waals surface area (Å²) in [6, 6.07) is 41.0. The molecule has 0 saturated heterocycles. The van der Waals surface area contributed by atoms with E-state index in [-0.39, 0.29) is 16.2 Å². The van der Waals surface area contributed by atoms with Crippen LogP contribution >= 0.6 is 0 Å². The Morgan fingerprint density at radius 1 is 0.422 bits per heavy atom. The van der Waals surface area contributed by atoms with Crippen molar-refractivity contribution in [3.05, 3.63) is 126 Å². The number of hydrogen-bond acceptors (Lipinski definition) is 3. The lowest BCUT2D eigenvalue weighted by Gasteiger charge is -2.44. The highest BCUT2D eigenvalue weighted by molar-refractivity contribution is 6.00. The Bertz CT molecular complexity index is 2210. The molecule has 0 aliphatic heterocycles. The van der Waals surface area contributed by atoms with Gasteiger partial charge in [-0.25, -0.2) is 15.0 Å². The molecule has 1 aromatic heterocycles. The fourth-order valence-electron chi connectivity index (χ4n) is 7.56. The van der Waals surface area contributed by atoms with Crippen molar-refractivity contribution >= 4 is 32.3 Å². The van der Waals surface area contributed by atoms with E-state index in [1.807, 2.05) is 0 Å². The van der Waals surface area contributed by atoms with E-state index in [2.05, 4.69) is 157 Å². The van der Waals surface area contributed by atoms with Crippen LogP contribution in [0.3, 0.4) is 0 Å². The highest BCUT2D eigenvalue weighted by atomic mass is 15.0. The molecule has 0 radical (unpaired) electrons. The second-order valence-electron chi connectivity index (χ2n) is 14.2. The first-order valence-electron chi connectivity index (χ1n) is 15.9. The lowest BCUT2D eigenvalue weighted by molar-refractivity contribution is 0.125. The monoisotopic (exact) mass is 583 g/mol. The average molecular weight is 584 g/mol. The molecule has 0 unspecified atom stereocenters. The highest BCUT2D eigenvalue weighted by Gasteiger charge is 2.58. The summed E-state index contributed by atoms with van der Waals surface area (Å²) >= 11 is 0. The zero-order valence-electron chi connectivity index (χ0n) is 26.8. The van der Waals surface area contributed by atoms with Crippen LogP contribution in [0.25, 0.3) is 66.5 Å². The van der Waals surface area contributed by atoms with E-state index in [1.165, 1.54) is 43.4 Å². The summed E-state index contributed by atoms with van der Waals surface area (Å²) in [5, 5.41) is 7.12. The molecule has 6 aromatic carbocycles. The molecule has 0 bridgehead atoms. The summed E-state index contributed by atoms with van der Waals surface area (Å²) in [7, 11) is 0. The molecule has 7 aromatic rings. The first-order chi connectivity index (χ1) is 21.6. The molecule has 0 saturated carbocycles. The summed E-state index contributed by atoms with van der Waals surface area (Å²) in [4.78, 5) is 15.8. The van der Waals surface area contributed by atoms with Gasteiger partial charge < -0.3 is 0 Å². The van der Waals surface area contributed by atoms with Crippen LogP contribution in [0.5, 0.6) is 0 Å². The van der Waals surface area contributed by atoms with Crippen LogP contribution in [-0.4, -0.2) is 15.0 Å². The molecular weight excluding hydrogens is 546 g/mol. The van der Waals surface area contributed by atoms with Crippen molar-refractivity contribution in [3.63, 3.8) is 0 Å². The Kier molecular flexibility index (Phi) is 5.87. The third kappa shape index (κ3) is 4.00. The minimum Gasteiger partial charge on any atom is -0.208 e. The number of hydrogen-bond donors (Lipinski definition) is 0. The van der Waals surface area contributed by atoms with Crippen LogP contribution < -0.4 is 0 Å². The fraction of sp³-hybridized carbons (Fsp3) is 0.214. The normalized spacial score (nSPS) is 16.3. The molecule has 220 valence electrons. The summed E-state index contributed by atoms with van der Waals surface area (Å²) in [5.74, 6) is 2.10. The zero-order valence-corrected chi connectivity index (χ0v) is 26.8. The molecule has 0 amide bonds. The van der Waals surface area contributed by atoms with Gasteiger partial charge in [-0.15, -0.1) is 0 Å². The van der Waals surface area contributed by atoms with Gasteiger partial charge in [-0.2, -0.15) is 0 Å². The summed E-state index contributed by atoms with van der Waals surface area (Å²) in [5.41, 5.74) is 5.61. The summed E-state index contributed by atoms with van der Waals surface area (Å²) in [6.45, 7) is 14.4. The van der Waals surface area contributed by atoms with Gasteiger partial charge in [0, 0.05) is 16.7 Å². The van der Waals surface area contributed by atoms with E-state index >= 15 is 0 Å². The zero-order chi connectivity index (χ0) is 31.1. The number of fused-ring (bicyclic) bond motifs is 4. The quantitative estimate of drug-likeness (QED) is 0.208. The largest absolute Gasteiger partial charge is 0.208 e. The molecule has 1 aliphatic rings. The standard InChI is InChI=1S/C42H37N3/c1-40(2)34-25-30-17-11-12-18-33(30)35(36(34)41(3,4)42(40,5)6)39-44-37(31-21-19-26-13-7-9-15-28(26)23-31)43-38(45-39)32-22-20-27-14-8-10-16-29(27)24-32/h7-25H,1-6H3. The molecule has 0 spiro atoms. The first kappa shape index (κ1) is 27.6. The maximum Gasteiger partial charge on any atom is 0.165 e. The van der Waals surface area contributed by atoms with Gasteiger partial charge in [0.15, 0.2) is 17.5 Å². The van der Waals surface area contributed by atoms with E-state index in [0.29, 0.717) is 11.6 Å². The SMILES string of the molecule is CC1(C)c2cc3ccccc3c(-c3nc(-c4ccc5ccccc5c4)nc(-c4ccc5ccccc5c4)n3)c2C(C)(C)C1(C)C. The van der Waals surface area contributed by atoms with Gasteiger partial charge >= 0.3 is 0 Å². The second kappa shape index (κ2) is 9.55. The topological polar surface area (TPSA) is 38.7 Å². The number of nitrogens with zero attached hydrogens (tertiary/aromatic N) is 3. The minimum absolute atomic E-state index is 0.0101. The van der Waals surface area contributed by atoms with Crippen molar-refractivity contribution in [1.29, 1.82) is 0 Å². The summed E-state index contributed by atoms with van der Waals surface area (Å²) < 4.78 is 0. The Labute approximate surface area is 265 Å². The highest BCUT2D eigenvalue weighted by Crippen LogP contribution is 2.64. The lowest BCUT2D eigenvalue weighted by Crippen LogP contribution is -2.42. The maximum absolute atomic E-state index is 5.34. The van der Waals surface area contributed by atoms with Gasteiger partial charge in [0.1, 0.15) is 0 Å². The second-order valence-corrected chi connectivity index (χ2v) is 14.2. The van der Waals surface area contributed by atoms with Crippen LogP contribution in [-0.2, 0) is 10.8 Å². The van der Waals surface area contributed by atoms with Gasteiger partial charge in [-0.1, -0.05) is 145 Å². The van der Waals surface area contributed by atoms with Crippen molar-refractivity contribution in [1.82, 2.24) is 15.0 Å². The van der Waals surface area contributed by atoms with Gasteiger partial charge in [-0.3, -0.25) is 0 Å². The van der Waals surface area contributed by atoms with Crippen molar-refractivity contribution in [2.75, 3.05) is 0 Å². The predicted octanol–water partition coefficient (Wildman–Crippen LogP) is 10.9. The Morgan fingerprint density at radius 3 is 1.44 bits per heavy atom. The van der Waals surface area contributed by atoms with Crippen LogP contribution in [0, 0.1) is 5.41 Å². The van der Waals surface area contributed by atoms with Gasteiger partial charge in [0.25, 0.3) is 0 Å². The predicted molar refractivity (Wildman–Crippen MR) is 188 cm³/mol. The molecule has 0 atom stereocenters. The van der Waals surface area contributed by atoms with E-state index in [4.69, 9.17) is 15.0 Å².